The normalized spacial score (nSPS) is 10.5. The average Bonchev–Trinajstić information content (AvgIpc) is 2.88. The Kier molecular flexibility index (Phi) is 4.35. The van der Waals surface area contributed by atoms with E-state index in [0.29, 0.717) is 36.4 Å². The molecule has 0 aliphatic carbocycles. The van der Waals surface area contributed by atoms with Crippen molar-refractivity contribution in [1.29, 1.82) is 0 Å². The molecule has 0 unspecified atom stereocenters. The van der Waals surface area contributed by atoms with E-state index in [1.165, 1.54) is 0 Å². The maximum Gasteiger partial charge on any atom is 0.240 e. The first-order valence-corrected chi connectivity index (χ1v) is 6.06. The predicted octanol–water partition coefficient (Wildman–Crippen LogP) is 1.86. The minimum absolute atomic E-state index is 0.534. The molecule has 1 heterocycles. The molecule has 0 radical (unpaired) electrons. The van der Waals surface area contributed by atoms with E-state index in [-0.39, 0.29) is 0 Å². The Balaban J connectivity index is 2.28. The van der Waals surface area contributed by atoms with Gasteiger partial charge in [0, 0.05) is 5.56 Å². The van der Waals surface area contributed by atoms with Crippen LogP contribution < -0.4 is 14.8 Å². The summed E-state index contributed by atoms with van der Waals surface area (Å²) >= 11 is 0. The van der Waals surface area contributed by atoms with E-state index in [9.17, 15) is 0 Å². The second kappa shape index (κ2) is 6.19. The third kappa shape index (κ3) is 3.03. The Morgan fingerprint density at radius 3 is 2.84 bits per heavy atom. The molecule has 1 aromatic carbocycles. The van der Waals surface area contributed by atoms with Crippen LogP contribution in [0.15, 0.2) is 22.7 Å². The highest BCUT2D eigenvalue weighted by molar-refractivity contribution is 5.60. The first kappa shape index (κ1) is 13.4. The van der Waals surface area contributed by atoms with Gasteiger partial charge in [0.15, 0.2) is 11.5 Å². The number of hydrogen-bond acceptors (Lipinski definition) is 6. The van der Waals surface area contributed by atoms with Crippen LogP contribution in [-0.4, -0.2) is 30.9 Å². The lowest BCUT2D eigenvalue weighted by Gasteiger charge is -2.09. The van der Waals surface area contributed by atoms with Crippen molar-refractivity contribution in [3.8, 4) is 22.9 Å². The summed E-state index contributed by atoms with van der Waals surface area (Å²) in [4.78, 5) is 4.28. The van der Waals surface area contributed by atoms with E-state index < -0.39 is 0 Å². The van der Waals surface area contributed by atoms with Crippen molar-refractivity contribution in [3.05, 3.63) is 24.1 Å². The first-order chi connectivity index (χ1) is 9.28. The fourth-order valence-corrected chi connectivity index (χ4v) is 1.68. The van der Waals surface area contributed by atoms with Crippen LogP contribution in [0.25, 0.3) is 11.4 Å². The van der Waals surface area contributed by atoms with Crippen LogP contribution in [0.5, 0.6) is 11.5 Å². The zero-order valence-electron chi connectivity index (χ0n) is 11.3. The van der Waals surface area contributed by atoms with Crippen molar-refractivity contribution in [3.63, 3.8) is 0 Å². The lowest BCUT2D eigenvalue weighted by molar-refractivity contribution is 0.311. The van der Waals surface area contributed by atoms with Gasteiger partial charge in [-0.25, -0.2) is 0 Å². The Morgan fingerprint density at radius 1 is 1.32 bits per heavy atom. The molecule has 0 aliphatic heterocycles. The first-order valence-electron chi connectivity index (χ1n) is 6.06. The molecule has 0 spiro atoms. The van der Waals surface area contributed by atoms with Crippen LogP contribution in [0.3, 0.4) is 0 Å². The van der Waals surface area contributed by atoms with Crippen LogP contribution >= 0.6 is 0 Å². The molecule has 0 fully saturated rings. The smallest absolute Gasteiger partial charge is 0.240 e. The summed E-state index contributed by atoms with van der Waals surface area (Å²) in [5.41, 5.74) is 0.825. The van der Waals surface area contributed by atoms with Gasteiger partial charge < -0.3 is 19.3 Å². The minimum atomic E-state index is 0.534. The number of rotatable bonds is 6. The molecule has 6 nitrogen and oxygen atoms in total. The molecule has 19 heavy (non-hydrogen) atoms. The lowest BCUT2D eigenvalue weighted by atomic mass is 10.2. The summed E-state index contributed by atoms with van der Waals surface area (Å²) in [6.07, 6.45) is 0. The largest absolute Gasteiger partial charge is 0.493 e. The van der Waals surface area contributed by atoms with E-state index in [0.717, 1.165) is 5.56 Å². The van der Waals surface area contributed by atoms with Gasteiger partial charge in [0.25, 0.3) is 0 Å². The molecule has 0 saturated heterocycles. The van der Waals surface area contributed by atoms with Gasteiger partial charge >= 0.3 is 0 Å². The quantitative estimate of drug-likeness (QED) is 0.858. The van der Waals surface area contributed by atoms with Crippen LogP contribution in [-0.2, 0) is 6.54 Å². The van der Waals surface area contributed by atoms with Gasteiger partial charge in [-0.05, 0) is 32.2 Å². The fourth-order valence-electron chi connectivity index (χ4n) is 1.68. The molecular weight excluding hydrogens is 246 g/mol. The van der Waals surface area contributed by atoms with Crippen LogP contribution in [0.1, 0.15) is 12.8 Å². The SMILES string of the molecule is CCOc1ccc(-c2noc(CNC)n2)cc1OC. The van der Waals surface area contributed by atoms with Gasteiger partial charge in [-0.3, -0.25) is 0 Å². The van der Waals surface area contributed by atoms with Crippen LogP contribution in [0.4, 0.5) is 0 Å². The topological polar surface area (TPSA) is 69.4 Å². The van der Waals surface area contributed by atoms with Gasteiger partial charge in [0.05, 0.1) is 20.3 Å². The zero-order valence-corrected chi connectivity index (χ0v) is 11.3. The molecule has 2 aromatic rings. The van der Waals surface area contributed by atoms with Crippen LogP contribution in [0, 0.1) is 0 Å². The molecule has 0 saturated carbocycles. The molecule has 102 valence electrons. The summed E-state index contributed by atoms with van der Waals surface area (Å²) in [5.74, 6) is 2.43. The molecule has 0 amide bonds. The Hall–Kier alpha value is -2.08. The molecule has 6 heteroatoms. The maximum absolute atomic E-state index is 5.46. The summed E-state index contributed by atoms with van der Waals surface area (Å²) in [5, 5.41) is 6.89. The van der Waals surface area contributed by atoms with Gasteiger partial charge in [-0.1, -0.05) is 5.16 Å². The number of hydrogen-bond donors (Lipinski definition) is 1. The van der Waals surface area contributed by atoms with Gasteiger partial charge in [-0.2, -0.15) is 4.98 Å². The van der Waals surface area contributed by atoms with Crippen molar-refractivity contribution in [2.45, 2.75) is 13.5 Å². The van der Waals surface area contributed by atoms with E-state index >= 15 is 0 Å². The third-order valence-corrected chi connectivity index (χ3v) is 2.52. The van der Waals surface area contributed by atoms with E-state index in [1.54, 1.807) is 7.11 Å². The second-order valence-electron chi connectivity index (χ2n) is 3.84. The van der Waals surface area contributed by atoms with Crippen molar-refractivity contribution >= 4 is 0 Å². The van der Waals surface area contributed by atoms with Crippen molar-refractivity contribution in [2.24, 2.45) is 0 Å². The minimum Gasteiger partial charge on any atom is -0.493 e. The average molecular weight is 263 g/mol. The number of nitrogens with zero attached hydrogens (tertiary/aromatic N) is 2. The monoisotopic (exact) mass is 263 g/mol. The highest BCUT2D eigenvalue weighted by Crippen LogP contribution is 2.31. The van der Waals surface area contributed by atoms with E-state index in [4.69, 9.17) is 14.0 Å². The lowest BCUT2D eigenvalue weighted by Crippen LogP contribution is -2.04. The molecule has 1 aromatic heterocycles. The standard InChI is InChI=1S/C13H17N3O3/c1-4-18-10-6-5-9(7-11(10)17-3)13-15-12(8-14-2)19-16-13/h5-7,14H,4,8H2,1-3H3. The Morgan fingerprint density at radius 2 is 2.16 bits per heavy atom. The number of nitrogens with one attached hydrogen (secondary N) is 1. The highest BCUT2D eigenvalue weighted by Gasteiger charge is 2.11. The number of benzene rings is 1. The van der Waals surface area contributed by atoms with Crippen molar-refractivity contribution in [1.82, 2.24) is 15.5 Å². The molecular formula is C13H17N3O3. The Labute approximate surface area is 111 Å². The second-order valence-corrected chi connectivity index (χ2v) is 3.84. The molecule has 0 bridgehead atoms. The highest BCUT2D eigenvalue weighted by atomic mass is 16.5. The summed E-state index contributed by atoms with van der Waals surface area (Å²) < 4.78 is 15.9. The molecule has 0 aliphatic rings. The number of aromatic nitrogens is 2. The van der Waals surface area contributed by atoms with Crippen molar-refractivity contribution < 1.29 is 14.0 Å². The van der Waals surface area contributed by atoms with Gasteiger partial charge in [-0.15, -0.1) is 0 Å². The van der Waals surface area contributed by atoms with E-state index in [1.807, 2.05) is 32.2 Å². The summed E-state index contributed by atoms with van der Waals surface area (Å²) in [6, 6.07) is 5.55. The number of ether oxygens (including phenoxy) is 2. The van der Waals surface area contributed by atoms with Gasteiger partial charge in [0.1, 0.15) is 0 Å². The molecule has 1 N–H and O–H groups in total. The zero-order chi connectivity index (χ0) is 13.7. The van der Waals surface area contributed by atoms with Crippen LogP contribution in [0.2, 0.25) is 0 Å². The summed E-state index contributed by atoms with van der Waals surface area (Å²) in [6.45, 7) is 3.06. The maximum atomic E-state index is 5.46. The summed E-state index contributed by atoms with van der Waals surface area (Å²) in [7, 11) is 3.42. The van der Waals surface area contributed by atoms with Gasteiger partial charge in [0.2, 0.25) is 11.7 Å². The Bertz CT molecular complexity index is 540. The van der Waals surface area contributed by atoms with Crippen molar-refractivity contribution in [2.75, 3.05) is 20.8 Å². The number of methoxy groups -OCH3 is 1. The van der Waals surface area contributed by atoms with E-state index in [2.05, 4.69) is 15.5 Å². The third-order valence-electron chi connectivity index (χ3n) is 2.52. The molecule has 0 atom stereocenters. The predicted molar refractivity (Wildman–Crippen MR) is 70.2 cm³/mol. The fraction of sp³-hybridized carbons (Fsp3) is 0.385. The molecule has 2 rings (SSSR count).